The maximum absolute atomic E-state index is 13.1. The largest absolute Gasteiger partial charge is 0.272 e. The van der Waals surface area contributed by atoms with Crippen LogP contribution < -0.4 is 4.90 Å². The molecule has 0 fully saturated rings. The van der Waals surface area contributed by atoms with E-state index in [1.165, 1.54) is 16.7 Å². The minimum absolute atomic E-state index is 0.186. The van der Waals surface area contributed by atoms with E-state index in [1.54, 1.807) is 30.3 Å². The molecule has 0 N–H and O–H groups in total. The maximum Gasteiger partial charge on any atom is 0.272 e. The lowest BCUT2D eigenvalue weighted by Gasteiger charge is -2.17. The first-order chi connectivity index (χ1) is 11.9. The summed E-state index contributed by atoms with van der Waals surface area (Å²) in [4.78, 5) is 28.0. The van der Waals surface area contributed by atoms with Crippen LogP contribution in [0, 0.1) is 6.92 Å². The van der Waals surface area contributed by atoms with E-state index in [-0.39, 0.29) is 17.1 Å². The second kappa shape index (κ2) is 7.06. The molecule has 128 valence electrons. The average molecular weight is 372 g/mol. The molecule has 2 aromatic rings. The second-order valence-electron chi connectivity index (χ2n) is 6.11. The molecule has 2 amide bonds. The highest BCUT2D eigenvalue weighted by Gasteiger charge is 2.40. The van der Waals surface area contributed by atoms with Crippen LogP contribution in [-0.4, -0.2) is 17.1 Å². The van der Waals surface area contributed by atoms with Crippen LogP contribution in [-0.2, 0) is 9.59 Å². The number of rotatable bonds is 4. The van der Waals surface area contributed by atoms with Crippen molar-refractivity contribution in [1.82, 2.24) is 0 Å². The lowest BCUT2D eigenvalue weighted by atomic mass is 10.1. The van der Waals surface area contributed by atoms with Gasteiger partial charge in [0.25, 0.3) is 11.8 Å². The summed E-state index contributed by atoms with van der Waals surface area (Å²) in [5, 5.41) is 0.779. The third-order valence-corrected chi connectivity index (χ3v) is 5.22. The minimum atomic E-state index is -0.287. The van der Waals surface area contributed by atoms with Crippen molar-refractivity contribution < 1.29 is 9.59 Å². The van der Waals surface area contributed by atoms with E-state index in [1.807, 2.05) is 39.0 Å². The monoisotopic (exact) mass is 371 g/mol. The van der Waals surface area contributed by atoms with Gasteiger partial charge in [-0.05, 0) is 36.2 Å². The Morgan fingerprint density at radius 3 is 2.20 bits per heavy atom. The number of imide groups is 1. The van der Waals surface area contributed by atoms with Crippen LogP contribution in [0.15, 0.2) is 53.4 Å². The summed E-state index contributed by atoms with van der Waals surface area (Å²) in [5.41, 5.74) is 2.67. The molecule has 0 unspecified atom stereocenters. The summed E-state index contributed by atoms with van der Waals surface area (Å²) >= 11 is 7.39. The fourth-order valence-corrected chi connectivity index (χ4v) is 3.87. The van der Waals surface area contributed by atoms with Crippen molar-refractivity contribution in [2.45, 2.75) is 26.0 Å². The van der Waals surface area contributed by atoms with E-state index in [4.69, 9.17) is 11.6 Å². The fourth-order valence-electron chi connectivity index (χ4n) is 2.76. The third-order valence-electron chi connectivity index (χ3n) is 3.88. The van der Waals surface area contributed by atoms with Crippen molar-refractivity contribution in [2.75, 3.05) is 4.90 Å². The summed E-state index contributed by atoms with van der Waals surface area (Å²) in [5.74, 6) is -0.548. The molecule has 0 saturated heterocycles. The number of carbonyl (C=O) groups excluding carboxylic acids is 2. The summed E-state index contributed by atoms with van der Waals surface area (Å²) < 4.78 is 0. The first-order valence-corrected chi connectivity index (χ1v) is 9.27. The molecule has 0 saturated carbocycles. The van der Waals surface area contributed by atoms with Gasteiger partial charge in [-0.15, -0.1) is 11.8 Å². The van der Waals surface area contributed by atoms with Gasteiger partial charge in [-0.1, -0.05) is 55.8 Å². The molecule has 25 heavy (non-hydrogen) atoms. The predicted molar refractivity (Wildman–Crippen MR) is 105 cm³/mol. The Bertz CT molecular complexity index is 872. The predicted octanol–water partition coefficient (Wildman–Crippen LogP) is 5.07. The van der Waals surface area contributed by atoms with E-state index < -0.39 is 0 Å². The van der Waals surface area contributed by atoms with Gasteiger partial charge >= 0.3 is 0 Å². The number of thioether (sulfide) groups is 1. The van der Waals surface area contributed by atoms with Crippen molar-refractivity contribution in [3.63, 3.8) is 0 Å². The molecular formula is C20H18ClNO2S. The Hall–Kier alpha value is -2.04. The number of hydrogen-bond acceptors (Lipinski definition) is 3. The summed E-state index contributed by atoms with van der Waals surface area (Å²) in [6.07, 6.45) is 0. The van der Waals surface area contributed by atoms with Crippen LogP contribution >= 0.6 is 23.4 Å². The maximum atomic E-state index is 13.1. The zero-order valence-electron chi connectivity index (χ0n) is 14.2. The van der Waals surface area contributed by atoms with Gasteiger partial charge in [-0.2, -0.15) is 0 Å². The van der Waals surface area contributed by atoms with Crippen molar-refractivity contribution in [3.8, 4) is 0 Å². The highest BCUT2D eigenvalue weighted by molar-refractivity contribution is 8.04. The Kier molecular flexibility index (Phi) is 5.02. The van der Waals surface area contributed by atoms with Crippen LogP contribution in [0.3, 0.4) is 0 Å². The van der Waals surface area contributed by atoms with Gasteiger partial charge < -0.3 is 0 Å². The number of aryl methyl sites for hydroxylation is 1. The molecule has 0 radical (unpaired) electrons. The van der Waals surface area contributed by atoms with Gasteiger partial charge in [-0.3, -0.25) is 9.59 Å². The standard InChI is InChI=1S/C20H18ClNO2S/c1-12(2)25-18-17(14-8-10-15(21)11-9-14)19(23)22(20(18)24)16-7-5-4-6-13(16)3/h4-12H,1-3H3. The van der Waals surface area contributed by atoms with E-state index in [0.717, 1.165) is 5.56 Å². The van der Waals surface area contributed by atoms with Gasteiger partial charge in [0, 0.05) is 10.3 Å². The SMILES string of the molecule is Cc1ccccc1N1C(=O)C(SC(C)C)=C(c2ccc(Cl)cc2)C1=O. The van der Waals surface area contributed by atoms with Gasteiger partial charge in [-0.25, -0.2) is 4.90 Å². The molecule has 2 aromatic carbocycles. The Balaban J connectivity index is 2.13. The minimum Gasteiger partial charge on any atom is -0.268 e. The molecule has 3 rings (SSSR count). The van der Waals surface area contributed by atoms with Gasteiger partial charge in [0.1, 0.15) is 0 Å². The third kappa shape index (κ3) is 3.37. The molecule has 5 heteroatoms. The number of anilines is 1. The molecule has 0 aliphatic carbocycles. The number of benzene rings is 2. The number of nitrogens with zero attached hydrogens (tertiary/aromatic N) is 1. The van der Waals surface area contributed by atoms with E-state index >= 15 is 0 Å². The van der Waals surface area contributed by atoms with E-state index in [0.29, 0.717) is 26.8 Å². The van der Waals surface area contributed by atoms with Gasteiger partial charge in [0.15, 0.2) is 0 Å². The lowest BCUT2D eigenvalue weighted by Crippen LogP contribution is -2.32. The van der Waals surface area contributed by atoms with Crippen molar-refractivity contribution in [3.05, 3.63) is 69.6 Å². The average Bonchev–Trinajstić information content (AvgIpc) is 2.80. The van der Waals surface area contributed by atoms with Crippen LogP contribution in [0.4, 0.5) is 5.69 Å². The zero-order valence-corrected chi connectivity index (χ0v) is 15.8. The smallest absolute Gasteiger partial charge is 0.268 e. The summed E-state index contributed by atoms with van der Waals surface area (Å²) in [7, 11) is 0. The van der Waals surface area contributed by atoms with Crippen molar-refractivity contribution >= 4 is 46.4 Å². The molecule has 3 nitrogen and oxygen atoms in total. The highest BCUT2D eigenvalue weighted by Crippen LogP contribution is 2.40. The normalized spacial score (nSPS) is 14.8. The zero-order chi connectivity index (χ0) is 18.1. The number of carbonyl (C=O) groups is 2. The first-order valence-electron chi connectivity index (χ1n) is 8.01. The van der Waals surface area contributed by atoms with Crippen molar-refractivity contribution in [1.29, 1.82) is 0 Å². The van der Waals surface area contributed by atoms with Crippen LogP contribution in [0.25, 0.3) is 5.57 Å². The van der Waals surface area contributed by atoms with Crippen LogP contribution in [0.1, 0.15) is 25.0 Å². The number of hydrogen-bond donors (Lipinski definition) is 0. The summed E-state index contributed by atoms with van der Waals surface area (Å²) in [6, 6.07) is 14.4. The van der Waals surface area contributed by atoms with Crippen LogP contribution in [0.2, 0.25) is 5.02 Å². The Morgan fingerprint density at radius 2 is 1.60 bits per heavy atom. The van der Waals surface area contributed by atoms with Crippen LogP contribution in [0.5, 0.6) is 0 Å². The quantitative estimate of drug-likeness (QED) is 0.704. The number of halogens is 1. The first kappa shape index (κ1) is 17.8. The van der Waals surface area contributed by atoms with E-state index in [9.17, 15) is 9.59 Å². The summed E-state index contributed by atoms with van der Waals surface area (Å²) in [6.45, 7) is 5.90. The highest BCUT2D eigenvalue weighted by atomic mass is 35.5. The van der Waals surface area contributed by atoms with E-state index in [2.05, 4.69) is 0 Å². The fraction of sp³-hybridized carbons (Fsp3) is 0.200. The molecule has 1 aliphatic heterocycles. The molecule has 0 spiro atoms. The van der Waals surface area contributed by atoms with Crippen molar-refractivity contribution in [2.24, 2.45) is 0 Å². The molecule has 0 bridgehead atoms. The molecule has 1 aliphatic rings. The van der Waals surface area contributed by atoms with Gasteiger partial charge in [0.05, 0.1) is 16.2 Å². The molecule has 0 atom stereocenters. The molecular weight excluding hydrogens is 354 g/mol. The number of amides is 2. The molecule has 1 heterocycles. The Morgan fingerprint density at radius 1 is 0.960 bits per heavy atom. The lowest BCUT2D eigenvalue weighted by molar-refractivity contribution is -0.119. The van der Waals surface area contributed by atoms with Gasteiger partial charge in [0.2, 0.25) is 0 Å². The number of para-hydroxylation sites is 1. The second-order valence-corrected chi connectivity index (χ2v) is 8.13. The molecule has 0 aromatic heterocycles. The Labute approximate surface area is 156 Å². The topological polar surface area (TPSA) is 37.4 Å².